The Hall–Kier alpha value is 0.250. The van der Waals surface area contributed by atoms with Crippen molar-refractivity contribution >= 4 is 11.6 Å². The largest absolute Gasteiger partial charge is 0.396 e. The molecule has 2 heteroatoms. The molecule has 0 aliphatic heterocycles. The van der Waals surface area contributed by atoms with E-state index in [1.165, 1.54) is 19.3 Å². The van der Waals surface area contributed by atoms with Crippen LogP contribution in [-0.4, -0.2) is 17.1 Å². The molecule has 0 aromatic rings. The highest BCUT2D eigenvalue weighted by atomic mass is 35.5. The maximum absolute atomic E-state index is 8.54. The number of alkyl halides is 1. The van der Waals surface area contributed by atoms with Crippen molar-refractivity contribution < 1.29 is 5.11 Å². The number of unbranched alkanes of at least 4 members (excludes halogenated alkanes) is 3. The Balaban J connectivity index is 3.02. The van der Waals surface area contributed by atoms with Gasteiger partial charge in [-0.15, -0.1) is 11.6 Å². The van der Waals surface area contributed by atoms with Crippen LogP contribution in [-0.2, 0) is 0 Å². The first kappa shape index (κ1) is 12.2. The summed E-state index contributed by atoms with van der Waals surface area (Å²) >= 11 is 6.08. The minimum atomic E-state index is 0.321. The molecule has 0 aromatic carbocycles. The lowest BCUT2D eigenvalue weighted by Crippen LogP contribution is -1.98. The van der Waals surface area contributed by atoms with Crippen molar-refractivity contribution in [1.29, 1.82) is 0 Å². The van der Waals surface area contributed by atoms with Gasteiger partial charge >= 0.3 is 0 Å². The predicted molar refractivity (Wildman–Crippen MR) is 54.7 cm³/mol. The molecular formula is C10H21ClO. The van der Waals surface area contributed by atoms with Gasteiger partial charge in [-0.25, -0.2) is 0 Å². The van der Waals surface area contributed by atoms with Crippen molar-refractivity contribution in [2.45, 2.75) is 57.2 Å². The standard InChI is InChI=1S/C10H21ClO/c1-2-3-7-10(11)8-5-4-6-9-12/h10,12H,2-9H2,1H3/t10-/m0/s1. The van der Waals surface area contributed by atoms with E-state index in [1.807, 2.05) is 0 Å². The molecule has 0 bridgehead atoms. The minimum absolute atomic E-state index is 0.321. The lowest BCUT2D eigenvalue weighted by molar-refractivity contribution is 0.282. The number of rotatable bonds is 8. The molecule has 0 aliphatic carbocycles. The van der Waals surface area contributed by atoms with Crippen molar-refractivity contribution in [2.75, 3.05) is 6.61 Å². The van der Waals surface area contributed by atoms with Crippen LogP contribution in [0.15, 0.2) is 0 Å². The Morgan fingerprint density at radius 1 is 1.08 bits per heavy atom. The third-order valence-corrected chi connectivity index (χ3v) is 2.48. The summed E-state index contributed by atoms with van der Waals surface area (Å²) in [5.74, 6) is 0. The molecule has 0 rings (SSSR count). The minimum Gasteiger partial charge on any atom is -0.396 e. The summed E-state index contributed by atoms with van der Waals surface area (Å²) in [6, 6.07) is 0. The normalized spacial score (nSPS) is 13.2. The molecule has 74 valence electrons. The summed E-state index contributed by atoms with van der Waals surface area (Å²) in [5, 5.41) is 8.90. The van der Waals surface area contributed by atoms with Crippen LogP contribution in [0.5, 0.6) is 0 Å². The highest BCUT2D eigenvalue weighted by molar-refractivity contribution is 6.20. The lowest BCUT2D eigenvalue weighted by Gasteiger charge is -2.07. The van der Waals surface area contributed by atoms with Gasteiger partial charge in [-0.2, -0.15) is 0 Å². The molecule has 0 aromatic heterocycles. The fourth-order valence-corrected chi connectivity index (χ4v) is 1.53. The van der Waals surface area contributed by atoms with E-state index in [-0.39, 0.29) is 0 Å². The number of aliphatic hydroxyl groups is 1. The third-order valence-electron chi connectivity index (χ3n) is 2.05. The van der Waals surface area contributed by atoms with Gasteiger partial charge in [0.2, 0.25) is 0 Å². The molecule has 0 heterocycles. The molecular weight excluding hydrogens is 172 g/mol. The average molecular weight is 193 g/mol. The molecule has 1 nitrogen and oxygen atoms in total. The van der Waals surface area contributed by atoms with E-state index in [4.69, 9.17) is 16.7 Å². The molecule has 1 atom stereocenters. The van der Waals surface area contributed by atoms with E-state index in [0.29, 0.717) is 12.0 Å². The molecule has 0 radical (unpaired) electrons. The number of hydrogen-bond acceptors (Lipinski definition) is 1. The van der Waals surface area contributed by atoms with Crippen molar-refractivity contribution in [1.82, 2.24) is 0 Å². The SMILES string of the molecule is CCCC[C@H](Cl)CCCCCO. The highest BCUT2D eigenvalue weighted by Crippen LogP contribution is 2.14. The maximum atomic E-state index is 8.54. The van der Waals surface area contributed by atoms with Gasteiger partial charge in [0.1, 0.15) is 0 Å². The molecule has 0 saturated heterocycles. The Morgan fingerprint density at radius 3 is 2.33 bits per heavy atom. The van der Waals surface area contributed by atoms with Gasteiger partial charge in [0.15, 0.2) is 0 Å². The zero-order valence-electron chi connectivity index (χ0n) is 8.06. The van der Waals surface area contributed by atoms with E-state index >= 15 is 0 Å². The monoisotopic (exact) mass is 192 g/mol. The summed E-state index contributed by atoms with van der Waals surface area (Å²) in [6.07, 6.45) is 7.95. The Bertz CT molecular complexity index is 85.9. The van der Waals surface area contributed by atoms with Gasteiger partial charge in [0.05, 0.1) is 0 Å². The Kier molecular flexibility index (Phi) is 9.53. The van der Waals surface area contributed by atoms with E-state index in [9.17, 15) is 0 Å². The van der Waals surface area contributed by atoms with Gasteiger partial charge in [-0.3, -0.25) is 0 Å². The second-order valence-electron chi connectivity index (χ2n) is 3.31. The maximum Gasteiger partial charge on any atom is 0.0431 e. The van der Waals surface area contributed by atoms with Crippen LogP contribution in [0.4, 0.5) is 0 Å². The highest BCUT2D eigenvalue weighted by Gasteiger charge is 2.02. The summed E-state index contributed by atoms with van der Waals surface area (Å²) in [7, 11) is 0. The third kappa shape index (κ3) is 8.35. The first-order chi connectivity index (χ1) is 5.81. The number of aliphatic hydroxyl groups excluding tert-OH is 1. The molecule has 0 spiro atoms. The predicted octanol–water partition coefficient (Wildman–Crippen LogP) is 3.34. The second kappa shape index (κ2) is 9.34. The van der Waals surface area contributed by atoms with Gasteiger partial charge in [0.25, 0.3) is 0 Å². The first-order valence-electron chi connectivity index (χ1n) is 5.06. The smallest absolute Gasteiger partial charge is 0.0431 e. The van der Waals surface area contributed by atoms with Gasteiger partial charge in [-0.1, -0.05) is 32.6 Å². The zero-order valence-corrected chi connectivity index (χ0v) is 8.82. The van der Waals surface area contributed by atoms with E-state index in [2.05, 4.69) is 6.92 Å². The molecule has 0 fully saturated rings. The topological polar surface area (TPSA) is 20.2 Å². The summed E-state index contributed by atoms with van der Waals surface area (Å²) in [5.41, 5.74) is 0. The van der Waals surface area contributed by atoms with Crippen molar-refractivity contribution in [3.8, 4) is 0 Å². The molecule has 0 aliphatic rings. The summed E-state index contributed by atoms with van der Waals surface area (Å²) < 4.78 is 0. The molecule has 0 unspecified atom stereocenters. The second-order valence-corrected chi connectivity index (χ2v) is 3.93. The molecule has 1 N–H and O–H groups in total. The number of hydrogen-bond donors (Lipinski definition) is 1. The van der Waals surface area contributed by atoms with Gasteiger partial charge < -0.3 is 5.11 Å². The molecule has 0 amide bonds. The Labute approximate surface area is 81.1 Å². The Morgan fingerprint density at radius 2 is 1.75 bits per heavy atom. The van der Waals surface area contributed by atoms with Crippen LogP contribution in [0.2, 0.25) is 0 Å². The lowest BCUT2D eigenvalue weighted by atomic mass is 10.1. The van der Waals surface area contributed by atoms with Crippen LogP contribution in [0.25, 0.3) is 0 Å². The average Bonchev–Trinajstić information content (AvgIpc) is 2.09. The molecule has 0 saturated carbocycles. The summed E-state index contributed by atoms with van der Waals surface area (Å²) in [6.45, 7) is 2.51. The van der Waals surface area contributed by atoms with Crippen LogP contribution >= 0.6 is 11.6 Å². The fourth-order valence-electron chi connectivity index (χ4n) is 1.22. The van der Waals surface area contributed by atoms with Crippen molar-refractivity contribution in [3.63, 3.8) is 0 Å². The van der Waals surface area contributed by atoms with E-state index in [1.54, 1.807) is 0 Å². The summed E-state index contributed by atoms with van der Waals surface area (Å²) in [4.78, 5) is 0. The van der Waals surface area contributed by atoms with E-state index < -0.39 is 0 Å². The van der Waals surface area contributed by atoms with Crippen LogP contribution < -0.4 is 0 Å². The van der Waals surface area contributed by atoms with Gasteiger partial charge in [0, 0.05) is 12.0 Å². The van der Waals surface area contributed by atoms with Gasteiger partial charge in [-0.05, 0) is 19.3 Å². The zero-order chi connectivity index (χ0) is 9.23. The number of halogens is 1. The van der Waals surface area contributed by atoms with Crippen LogP contribution in [0.1, 0.15) is 51.9 Å². The van der Waals surface area contributed by atoms with Crippen LogP contribution in [0.3, 0.4) is 0 Å². The fraction of sp³-hybridized carbons (Fsp3) is 1.00. The molecule has 12 heavy (non-hydrogen) atoms. The quantitative estimate of drug-likeness (QED) is 0.462. The van der Waals surface area contributed by atoms with Crippen molar-refractivity contribution in [2.24, 2.45) is 0 Å². The first-order valence-corrected chi connectivity index (χ1v) is 5.49. The van der Waals surface area contributed by atoms with Crippen LogP contribution in [0, 0.1) is 0 Å². The van der Waals surface area contributed by atoms with Crippen molar-refractivity contribution in [3.05, 3.63) is 0 Å². The van der Waals surface area contributed by atoms with E-state index in [0.717, 1.165) is 25.7 Å².